The summed E-state index contributed by atoms with van der Waals surface area (Å²) in [6.07, 6.45) is 2.77. The summed E-state index contributed by atoms with van der Waals surface area (Å²) in [5.41, 5.74) is 1.95. The van der Waals surface area contributed by atoms with Gasteiger partial charge in [0.25, 0.3) is 0 Å². The van der Waals surface area contributed by atoms with Gasteiger partial charge in [-0.25, -0.2) is 4.79 Å². The molecule has 0 radical (unpaired) electrons. The van der Waals surface area contributed by atoms with E-state index in [4.69, 9.17) is 23.7 Å². The Balaban J connectivity index is 2.71. The van der Waals surface area contributed by atoms with Crippen LogP contribution in [0.3, 0.4) is 0 Å². The molecular formula is C24H26O8. The molecule has 0 unspecified atom stereocenters. The first-order valence-electron chi connectivity index (χ1n) is 9.53. The Hall–Kier alpha value is -3.94. The van der Waals surface area contributed by atoms with E-state index in [0.29, 0.717) is 34.1 Å². The van der Waals surface area contributed by atoms with Crippen LogP contribution in [0, 0.1) is 0 Å². The van der Waals surface area contributed by atoms with E-state index in [2.05, 4.69) is 0 Å². The average molecular weight is 442 g/mol. The number of carbonyl (C=O) groups is 2. The molecule has 32 heavy (non-hydrogen) atoms. The van der Waals surface area contributed by atoms with Crippen molar-refractivity contribution in [1.82, 2.24) is 0 Å². The van der Waals surface area contributed by atoms with Crippen molar-refractivity contribution in [1.29, 1.82) is 0 Å². The van der Waals surface area contributed by atoms with E-state index in [1.807, 2.05) is 6.07 Å². The van der Waals surface area contributed by atoms with Gasteiger partial charge in [0.2, 0.25) is 0 Å². The number of rotatable bonds is 10. The number of hydrogen-bond acceptors (Lipinski definition) is 7. The molecule has 0 bridgehead atoms. The van der Waals surface area contributed by atoms with E-state index in [1.54, 1.807) is 43.5 Å². The van der Waals surface area contributed by atoms with Crippen LogP contribution in [-0.4, -0.2) is 52.6 Å². The van der Waals surface area contributed by atoms with Gasteiger partial charge in [-0.15, -0.1) is 0 Å². The summed E-state index contributed by atoms with van der Waals surface area (Å²) >= 11 is 0. The lowest BCUT2D eigenvalue weighted by atomic mass is 9.98. The van der Waals surface area contributed by atoms with Crippen molar-refractivity contribution in [2.24, 2.45) is 0 Å². The minimum Gasteiger partial charge on any atom is -0.493 e. The molecule has 0 aliphatic carbocycles. The monoisotopic (exact) mass is 442 g/mol. The van der Waals surface area contributed by atoms with Crippen molar-refractivity contribution in [3.8, 4) is 23.0 Å². The van der Waals surface area contributed by atoms with Gasteiger partial charge in [-0.1, -0.05) is 12.1 Å². The highest BCUT2D eigenvalue weighted by Gasteiger charge is 2.16. The van der Waals surface area contributed by atoms with Crippen LogP contribution in [0.4, 0.5) is 0 Å². The van der Waals surface area contributed by atoms with Crippen molar-refractivity contribution in [3.63, 3.8) is 0 Å². The Bertz CT molecular complexity index is 1040. The number of ether oxygens (including phenoxy) is 5. The number of allylic oxidation sites excluding steroid dienone is 2. The molecular weight excluding hydrogens is 416 g/mol. The molecule has 8 nitrogen and oxygen atoms in total. The molecule has 2 rings (SSSR count). The fraction of sp³-hybridized carbons (Fsp3) is 0.250. The van der Waals surface area contributed by atoms with E-state index in [1.165, 1.54) is 34.5 Å². The van der Waals surface area contributed by atoms with E-state index < -0.39 is 18.4 Å². The van der Waals surface area contributed by atoms with Gasteiger partial charge in [-0.2, -0.15) is 0 Å². The van der Waals surface area contributed by atoms with E-state index in [-0.39, 0.29) is 5.57 Å². The van der Waals surface area contributed by atoms with Crippen LogP contribution < -0.4 is 18.9 Å². The molecule has 2 aromatic rings. The Kier molecular flexibility index (Phi) is 8.71. The first kappa shape index (κ1) is 24.3. The Morgan fingerprint density at radius 1 is 0.812 bits per heavy atom. The first-order valence-corrected chi connectivity index (χ1v) is 9.53. The summed E-state index contributed by atoms with van der Waals surface area (Å²) in [5.74, 6) is 0.217. The summed E-state index contributed by atoms with van der Waals surface area (Å²) in [5, 5.41) is 9.24. The maximum absolute atomic E-state index is 12.2. The topological polar surface area (TPSA) is 101 Å². The van der Waals surface area contributed by atoms with Gasteiger partial charge in [0.1, 0.15) is 0 Å². The molecule has 0 aliphatic rings. The molecule has 0 saturated heterocycles. The highest BCUT2D eigenvalue weighted by Crippen LogP contribution is 2.34. The Morgan fingerprint density at radius 3 is 1.91 bits per heavy atom. The number of benzene rings is 2. The second kappa shape index (κ2) is 11.5. The molecule has 0 aliphatic heterocycles. The number of carboxylic acid groups (broad SMARTS) is 1. The maximum Gasteiger partial charge on any atom is 0.334 e. The molecule has 0 heterocycles. The molecule has 8 heteroatoms. The third-order valence-electron chi connectivity index (χ3n) is 4.57. The standard InChI is InChI=1S/C24H26O8/c1-28-19-8-6-15(11-21(19)30-3)10-17(12-18(14-23(25)26)24(27)32-5)16-7-9-20(29-2)22(13-16)31-4/h6-13H,14H2,1-5H3,(H,25,26)/b17-10-,18-12+. The lowest BCUT2D eigenvalue weighted by molar-refractivity contribution is -0.141. The SMILES string of the molecule is COC(=O)/C(=C/C(=C/c1ccc(OC)c(OC)c1)c1ccc(OC)c(OC)c1)CC(=O)O. The Labute approximate surface area is 186 Å². The smallest absolute Gasteiger partial charge is 0.334 e. The average Bonchev–Trinajstić information content (AvgIpc) is 2.81. The number of aliphatic carboxylic acids is 1. The number of esters is 1. The minimum atomic E-state index is -1.15. The molecule has 0 aromatic heterocycles. The number of methoxy groups -OCH3 is 5. The van der Waals surface area contributed by atoms with Crippen molar-refractivity contribution in [3.05, 3.63) is 59.2 Å². The van der Waals surface area contributed by atoms with Crippen LogP contribution in [-0.2, 0) is 14.3 Å². The van der Waals surface area contributed by atoms with E-state index >= 15 is 0 Å². The van der Waals surface area contributed by atoms with Crippen LogP contribution in [0.25, 0.3) is 11.6 Å². The normalized spacial score (nSPS) is 11.5. The van der Waals surface area contributed by atoms with Crippen LogP contribution in [0.5, 0.6) is 23.0 Å². The quantitative estimate of drug-likeness (QED) is 0.256. The lowest BCUT2D eigenvalue weighted by Crippen LogP contribution is -2.09. The second-order valence-electron chi connectivity index (χ2n) is 6.52. The van der Waals surface area contributed by atoms with Gasteiger partial charge in [0, 0.05) is 5.57 Å². The first-order chi connectivity index (χ1) is 15.4. The van der Waals surface area contributed by atoms with Crippen LogP contribution in [0.2, 0.25) is 0 Å². The molecule has 0 spiro atoms. The predicted molar refractivity (Wildman–Crippen MR) is 119 cm³/mol. The highest BCUT2D eigenvalue weighted by molar-refractivity contribution is 5.99. The molecule has 0 saturated carbocycles. The van der Waals surface area contributed by atoms with Crippen molar-refractivity contribution in [2.45, 2.75) is 6.42 Å². The Morgan fingerprint density at radius 2 is 1.38 bits per heavy atom. The van der Waals surface area contributed by atoms with Crippen LogP contribution in [0.1, 0.15) is 17.5 Å². The van der Waals surface area contributed by atoms with Crippen LogP contribution in [0.15, 0.2) is 48.0 Å². The number of carboxylic acids is 1. The van der Waals surface area contributed by atoms with Gasteiger partial charge < -0.3 is 28.8 Å². The zero-order valence-electron chi connectivity index (χ0n) is 18.6. The zero-order valence-corrected chi connectivity index (χ0v) is 18.6. The number of hydrogen-bond donors (Lipinski definition) is 1. The summed E-state index contributed by atoms with van der Waals surface area (Å²) in [6.45, 7) is 0. The predicted octanol–water partition coefficient (Wildman–Crippen LogP) is 3.84. The van der Waals surface area contributed by atoms with Crippen molar-refractivity contribution >= 4 is 23.6 Å². The number of carbonyl (C=O) groups excluding carboxylic acids is 1. The third kappa shape index (κ3) is 6.04. The van der Waals surface area contributed by atoms with Gasteiger partial charge in [-0.3, -0.25) is 4.79 Å². The molecule has 0 amide bonds. The molecule has 2 aromatic carbocycles. The van der Waals surface area contributed by atoms with E-state index in [9.17, 15) is 14.7 Å². The van der Waals surface area contributed by atoms with E-state index in [0.717, 1.165) is 5.56 Å². The molecule has 1 N–H and O–H groups in total. The van der Waals surface area contributed by atoms with Crippen molar-refractivity contribution in [2.75, 3.05) is 35.5 Å². The lowest BCUT2D eigenvalue weighted by Gasteiger charge is -2.12. The fourth-order valence-corrected chi connectivity index (χ4v) is 3.01. The zero-order chi connectivity index (χ0) is 23.7. The van der Waals surface area contributed by atoms with Crippen molar-refractivity contribution < 1.29 is 38.4 Å². The summed E-state index contributed by atoms with van der Waals surface area (Å²) in [4.78, 5) is 23.5. The van der Waals surface area contributed by atoms with Gasteiger partial charge in [-0.05, 0) is 53.1 Å². The largest absolute Gasteiger partial charge is 0.493 e. The van der Waals surface area contributed by atoms with Gasteiger partial charge in [0.05, 0.1) is 42.0 Å². The summed E-state index contributed by atoms with van der Waals surface area (Å²) in [7, 11) is 7.31. The molecule has 0 fully saturated rings. The molecule has 170 valence electrons. The van der Waals surface area contributed by atoms with Gasteiger partial charge in [0.15, 0.2) is 23.0 Å². The van der Waals surface area contributed by atoms with Crippen LogP contribution >= 0.6 is 0 Å². The minimum absolute atomic E-state index is 0.0125. The maximum atomic E-state index is 12.2. The molecule has 0 atom stereocenters. The summed E-state index contributed by atoms with van der Waals surface area (Å²) in [6, 6.07) is 10.6. The van der Waals surface area contributed by atoms with Gasteiger partial charge >= 0.3 is 11.9 Å². The fourth-order valence-electron chi connectivity index (χ4n) is 3.01. The second-order valence-corrected chi connectivity index (χ2v) is 6.52. The summed E-state index contributed by atoms with van der Waals surface area (Å²) < 4.78 is 26.1. The third-order valence-corrected chi connectivity index (χ3v) is 4.57. The highest BCUT2D eigenvalue weighted by atomic mass is 16.5.